The number of carbonyl (C=O) groups excluding carboxylic acids is 2. The Balaban J connectivity index is 1.45. The first kappa shape index (κ1) is 22.5. The Bertz CT molecular complexity index is 1110. The molecule has 2 aromatic rings. The van der Waals surface area contributed by atoms with Gasteiger partial charge < -0.3 is 19.3 Å². The number of hydrogen-bond donors (Lipinski definition) is 1. The number of urea groups is 1. The van der Waals surface area contributed by atoms with Crippen LogP contribution in [0, 0.1) is 6.92 Å². The maximum Gasteiger partial charge on any atom is 0.328 e. The van der Waals surface area contributed by atoms with Crippen molar-refractivity contribution in [3.05, 3.63) is 53.6 Å². The van der Waals surface area contributed by atoms with Crippen LogP contribution in [0.15, 0.2) is 42.5 Å². The van der Waals surface area contributed by atoms with E-state index in [1.54, 1.807) is 26.2 Å². The second-order valence-electron chi connectivity index (χ2n) is 9.00. The number of anilines is 1. The molecule has 0 saturated carbocycles. The Kier molecular flexibility index (Phi) is 5.83. The molecule has 3 heterocycles. The molecule has 180 valence electrons. The summed E-state index contributed by atoms with van der Waals surface area (Å²) >= 11 is 0. The zero-order valence-corrected chi connectivity index (χ0v) is 20.0. The van der Waals surface area contributed by atoms with E-state index in [-0.39, 0.29) is 24.8 Å². The minimum atomic E-state index is -0.455. The third-order valence-electron chi connectivity index (χ3n) is 7.16. The Morgan fingerprint density at radius 1 is 1.06 bits per heavy atom. The van der Waals surface area contributed by atoms with Crippen LogP contribution in [-0.2, 0) is 11.3 Å². The Morgan fingerprint density at radius 2 is 1.85 bits per heavy atom. The third kappa shape index (κ3) is 3.56. The van der Waals surface area contributed by atoms with Gasteiger partial charge in [-0.25, -0.2) is 4.79 Å². The number of rotatable bonds is 5. The second kappa shape index (κ2) is 8.81. The maximum atomic E-state index is 13.7. The number of aryl methyl sites for hydroxylation is 1. The molecule has 0 aromatic heterocycles. The van der Waals surface area contributed by atoms with Gasteiger partial charge in [0.05, 0.1) is 26.5 Å². The first-order valence-corrected chi connectivity index (χ1v) is 11.6. The van der Waals surface area contributed by atoms with Gasteiger partial charge in [0.1, 0.15) is 30.0 Å². The monoisotopic (exact) mass is 465 g/mol. The van der Waals surface area contributed by atoms with E-state index in [9.17, 15) is 9.59 Å². The van der Waals surface area contributed by atoms with Gasteiger partial charge in [-0.15, -0.1) is 0 Å². The average molecular weight is 466 g/mol. The van der Waals surface area contributed by atoms with Gasteiger partial charge in [-0.05, 0) is 36.6 Å². The highest BCUT2D eigenvalue weighted by atomic mass is 16.5. The van der Waals surface area contributed by atoms with Crippen LogP contribution in [0.2, 0.25) is 0 Å². The number of benzene rings is 2. The standard InChI is InChI=1S/C25H31N5O4/c1-16-8-5-6-9-17(16)15-30-23(31)21-22(27(2)25(30)32)26-24-28(12-7-13-29(21)24)19-11-10-18(33-3)14-20(19)34-4/h5-6,8-11,14,21-22,24,26H,7,12-13,15H2,1-4H3. The Labute approximate surface area is 199 Å². The highest BCUT2D eigenvalue weighted by Gasteiger charge is 2.56. The molecule has 5 rings (SSSR count). The molecule has 3 amide bonds. The van der Waals surface area contributed by atoms with Crippen molar-refractivity contribution < 1.29 is 19.1 Å². The Hall–Kier alpha value is -3.30. The van der Waals surface area contributed by atoms with E-state index in [1.165, 1.54) is 4.90 Å². The van der Waals surface area contributed by atoms with Crippen LogP contribution in [-0.4, -0.2) is 79.5 Å². The number of nitrogens with zero attached hydrogens (tertiary/aromatic N) is 4. The maximum absolute atomic E-state index is 13.7. The van der Waals surface area contributed by atoms with Crippen LogP contribution < -0.4 is 19.7 Å². The van der Waals surface area contributed by atoms with E-state index >= 15 is 0 Å². The van der Waals surface area contributed by atoms with Gasteiger partial charge in [0.2, 0.25) is 0 Å². The summed E-state index contributed by atoms with van der Waals surface area (Å²) in [4.78, 5) is 34.4. The van der Waals surface area contributed by atoms with Crippen molar-refractivity contribution in [1.82, 2.24) is 20.0 Å². The molecule has 9 nitrogen and oxygen atoms in total. The van der Waals surface area contributed by atoms with Crippen molar-refractivity contribution in [1.29, 1.82) is 0 Å². The van der Waals surface area contributed by atoms with Gasteiger partial charge in [0.15, 0.2) is 0 Å². The molecule has 3 fully saturated rings. The first-order chi connectivity index (χ1) is 16.4. The van der Waals surface area contributed by atoms with E-state index in [0.717, 1.165) is 42.1 Å². The van der Waals surface area contributed by atoms with Crippen molar-refractivity contribution in [2.24, 2.45) is 0 Å². The lowest BCUT2D eigenvalue weighted by Crippen LogP contribution is -2.66. The Morgan fingerprint density at radius 3 is 2.59 bits per heavy atom. The van der Waals surface area contributed by atoms with E-state index in [0.29, 0.717) is 5.75 Å². The number of amides is 3. The fraction of sp³-hybridized carbons (Fsp3) is 0.440. The van der Waals surface area contributed by atoms with Crippen molar-refractivity contribution in [3.63, 3.8) is 0 Å². The minimum Gasteiger partial charge on any atom is -0.497 e. The zero-order valence-electron chi connectivity index (χ0n) is 20.0. The summed E-state index contributed by atoms with van der Waals surface area (Å²) in [6.07, 6.45) is 0.255. The average Bonchev–Trinajstić information content (AvgIpc) is 3.26. The molecule has 0 spiro atoms. The molecule has 3 aliphatic heterocycles. The van der Waals surface area contributed by atoms with E-state index < -0.39 is 12.2 Å². The lowest BCUT2D eigenvalue weighted by molar-refractivity contribution is -0.139. The molecular formula is C25H31N5O4. The van der Waals surface area contributed by atoms with Gasteiger partial charge in [-0.1, -0.05) is 24.3 Å². The quantitative estimate of drug-likeness (QED) is 0.725. The molecule has 3 saturated heterocycles. The molecule has 0 bridgehead atoms. The summed E-state index contributed by atoms with van der Waals surface area (Å²) in [7, 11) is 5.03. The van der Waals surface area contributed by atoms with E-state index in [1.807, 2.05) is 49.4 Å². The van der Waals surface area contributed by atoms with Crippen LogP contribution in [0.3, 0.4) is 0 Å². The number of ether oxygens (including phenoxy) is 2. The molecule has 0 radical (unpaired) electrons. The van der Waals surface area contributed by atoms with Crippen LogP contribution in [0.4, 0.5) is 10.5 Å². The number of hydrogen-bond acceptors (Lipinski definition) is 7. The van der Waals surface area contributed by atoms with Crippen LogP contribution in [0.25, 0.3) is 0 Å². The number of nitrogens with one attached hydrogen (secondary N) is 1. The first-order valence-electron chi connectivity index (χ1n) is 11.6. The summed E-state index contributed by atoms with van der Waals surface area (Å²) in [6.45, 7) is 3.83. The molecule has 0 aliphatic carbocycles. The second-order valence-corrected chi connectivity index (χ2v) is 9.00. The van der Waals surface area contributed by atoms with Crippen LogP contribution >= 0.6 is 0 Å². The molecule has 9 heteroatoms. The van der Waals surface area contributed by atoms with Crippen LogP contribution in [0.1, 0.15) is 17.5 Å². The fourth-order valence-corrected chi connectivity index (χ4v) is 5.29. The summed E-state index contributed by atoms with van der Waals surface area (Å²) in [5, 5.41) is 3.55. The minimum absolute atomic E-state index is 0.158. The molecule has 3 aliphatic rings. The van der Waals surface area contributed by atoms with Crippen molar-refractivity contribution >= 4 is 17.6 Å². The largest absolute Gasteiger partial charge is 0.497 e. The number of carbonyl (C=O) groups is 2. The number of methoxy groups -OCH3 is 2. The topological polar surface area (TPSA) is 77.6 Å². The SMILES string of the molecule is COc1ccc(N2CCCN3C4C(=O)N(Cc5ccccc5C)C(=O)N(C)C4NC23)c(OC)c1. The smallest absolute Gasteiger partial charge is 0.328 e. The molecule has 1 N–H and O–H groups in total. The van der Waals surface area contributed by atoms with Gasteiger partial charge >= 0.3 is 6.03 Å². The summed E-state index contributed by atoms with van der Waals surface area (Å²) in [5.41, 5.74) is 2.95. The number of likely N-dealkylation sites (N-methyl/N-ethyl adjacent to an activating group) is 1. The normalized spacial score (nSPS) is 24.8. The summed E-state index contributed by atoms with van der Waals surface area (Å²) in [6, 6.07) is 12.9. The molecule has 3 atom stereocenters. The molecule has 3 unspecified atom stereocenters. The highest BCUT2D eigenvalue weighted by Crippen LogP contribution is 2.38. The van der Waals surface area contributed by atoms with E-state index in [4.69, 9.17) is 9.47 Å². The highest BCUT2D eigenvalue weighted by molar-refractivity contribution is 6.00. The number of imide groups is 1. The lowest BCUT2D eigenvalue weighted by Gasteiger charge is -2.44. The lowest BCUT2D eigenvalue weighted by atomic mass is 10.1. The van der Waals surface area contributed by atoms with Gasteiger partial charge in [-0.2, -0.15) is 0 Å². The van der Waals surface area contributed by atoms with Gasteiger partial charge in [-0.3, -0.25) is 19.9 Å². The fourth-order valence-electron chi connectivity index (χ4n) is 5.29. The van der Waals surface area contributed by atoms with Gasteiger partial charge in [0.25, 0.3) is 5.91 Å². The predicted octanol–water partition coefficient (Wildman–Crippen LogP) is 2.20. The molecular weight excluding hydrogens is 434 g/mol. The van der Waals surface area contributed by atoms with Gasteiger partial charge in [0, 0.05) is 26.2 Å². The molecule has 34 heavy (non-hydrogen) atoms. The van der Waals surface area contributed by atoms with E-state index in [2.05, 4.69) is 15.1 Å². The summed E-state index contributed by atoms with van der Waals surface area (Å²) < 4.78 is 11.0. The summed E-state index contributed by atoms with van der Waals surface area (Å²) in [5.74, 6) is 1.26. The molecule has 2 aromatic carbocycles. The third-order valence-corrected chi connectivity index (χ3v) is 7.16. The van der Waals surface area contributed by atoms with Crippen molar-refractivity contribution in [3.8, 4) is 11.5 Å². The number of fused-ring (bicyclic) bond motifs is 3. The van der Waals surface area contributed by atoms with Crippen molar-refractivity contribution in [2.75, 3.05) is 39.3 Å². The van der Waals surface area contributed by atoms with Crippen molar-refractivity contribution in [2.45, 2.75) is 38.4 Å². The zero-order chi connectivity index (χ0) is 24.0. The van der Waals surface area contributed by atoms with Crippen LogP contribution in [0.5, 0.6) is 11.5 Å². The predicted molar refractivity (Wildman–Crippen MR) is 128 cm³/mol.